The average molecular weight is 444 g/mol. The van der Waals surface area contributed by atoms with E-state index < -0.39 is 0 Å². The second-order valence-corrected chi connectivity index (χ2v) is 8.06. The molecule has 0 radical (unpaired) electrons. The molecule has 5 rings (SSSR count). The summed E-state index contributed by atoms with van der Waals surface area (Å²) in [5.74, 6) is 1.65. The number of fused-ring (bicyclic) bond motifs is 3. The van der Waals surface area contributed by atoms with Gasteiger partial charge in [-0.15, -0.1) is 0 Å². The molecule has 0 bridgehead atoms. The number of ether oxygens (including phenoxy) is 2. The van der Waals surface area contributed by atoms with Gasteiger partial charge in [0.2, 0.25) is 5.91 Å². The van der Waals surface area contributed by atoms with Crippen molar-refractivity contribution in [3.63, 3.8) is 0 Å². The molecule has 0 unspecified atom stereocenters. The highest BCUT2D eigenvalue weighted by Gasteiger charge is 2.25. The van der Waals surface area contributed by atoms with Gasteiger partial charge in [-0.3, -0.25) is 4.79 Å². The van der Waals surface area contributed by atoms with Gasteiger partial charge in [0.1, 0.15) is 23.3 Å². The van der Waals surface area contributed by atoms with E-state index in [0.717, 1.165) is 47.2 Å². The normalized spacial score (nSPS) is 12.5. The van der Waals surface area contributed by atoms with Crippen molar-refractivity contribution in [3.8, 4) is 17.2 Å². The molecule has 0 fully saturated rings. The minimum atomic E-state index is -0.122. The largest absolute Gasteiger partial charge is 0.497 e. The number of anilines is 2. The predicted molar refractivity (Wildman–Crippen MR) is 127 cm³/mol. The van der Waals surface area contributed by atoms with Crippen molar-refractivity contribution >= 4 is 28.4 Å². The summed E-state index contributed by atoms with van der Waals surface area (Å²) in [6.07, 6.45) is 4.82. The van der Waals surface area contributed by atoms with Crippen LogP contribution < -0.4 is 20.5 Å². The Bertz CT molecular complexity index is 1320. The van der Waals surface area contributed by atoms with E-state index in [1.54, 1.807) is 20.3 Å². The molecule has 33 heavy (non-hydrogen) atoms. The first kappa shape index (κ1) is 20.8. The summed E-state index contributed by atoms with van der Waals surface area (Å²) < 4.78 is 12.7. The molecule has 2 heterocycles. The van der Waals surface area contributed by atoms with Gasteiger partial charge in [0, 0.05) is 23.1 Å². The van der Waals surface area contributed by atoms with Crippen LogP contribution in [0.4, 0.5) is 11.5 Å². The molecule has 0 atom stereocenters. The predicted octanol–water partition coefficient (Wildman–Crippen LogP) is 3.69. The van der Waals surface area contributed by atoms with E-state index >= 15 is 0 Å². The molecule has 2 aromatic heterocycles. The highest BCUT2D eigenvalue weighted by Crippen LogP contribution is 2.36. The molecule has 0 saturated carbocycles. The van der Waals surface area contributed by atoms with E-state index in [1.807, 2.05) is 36.4 Å². The highest BCUT2D eigenvalue weighted by molar-refractivity contribution is 5.93. The summed E-state index contributed by atoms with van der Waals surface area (Å²) in [4.78, 5) is 21.3. The van der Waals surface area contributed by atoms with Crippen LogP contribution in [0.1, 0.15) is 23.2 Å². The molecule has 3 N–H and O–H groups in total. The third kappa shape index (κ3) is 3.84. The van der Waals surface area contributed by atoms with Crippen molar-refractivity contribution in [2.75, 3.05) is 25.3 Å². The standard InChI is InChI=1S/C25H25N5O3/c1-32-18-10-15(11-19(13-18)33-2)12-22(31)29-16-6-8-17(9-7-16)30-21-5-3-4-20(21)23-24(30)25(26)28-14-27-23/h6-11,13-14H,3-5,12H2,1-2H3,(H,29,31)(H2,26,27,28). The first-order valence-corrected chi connectivity index (χ1v) is 10.8. The van der Waals surface area contributed by atoms with E-state index in [-0.39, 0.29) is 12.3 Å². The van der Waals surface area contributed by atoms with Crippen molar-refractivity contribution < 1.29 is 14.3 Å². The molecule has 1 amide bonds. The molecule has 1 aliphatic rings. The Morgan fingerprint density at radius 3 is 2.48 bits per heavy atom. The molecule has 4 aromatic rings. The zero-order valence-electron chi connectivity index (χ0n) is 18.6. The lowest BCUT2D eigenvalue weighted by Crippen LogP contribution is -2.14. The molecule has 2 aromatic carbocycles. The van der Waals surface area contributed by atoms with Crippen LogP contribution in [-0.2, 0) is 24.1 Å². The Morgan fingerprint density at radius 1 is 1.06 bits per heavy atom. The molecule has 8 heteroatoms. The summed E-state index contributed by atoms with van der Waals surface area (Å²) in [5, 5.41) is 2.96. The first-order valence-electron chi connectivity index (χ1n) is 10.8. The van der Waals surface area contributed by atoms with Crippen molar-refractivity contribution in [2.45, 2.75) is 25.7 Å². The van der Waals surface area contributed by atoms with Crippen LogP contribution in [-0.4, -0.2) is 34.7 Å². The number of nitrogen functional groups attached to an aromatic ring is 1. The Balaban J connectivity index is 1.38. The van der Waals surface area contributed by atoms with Gasteiger partial charge in [0.15, 0.2) is 5.82 Å². The van der Waals surface area contributed by atoms with Gasteiger partial charge >= 0.3 is 0 Å². The number of hydrogen-bond donors (Lipinski definition) is 2. The van der Waals surface area contributed by atoms with Crippen molar-refractivity contribution in [1.29, 1.82) is 0 Å². The first-order chi connectivity index (χ1) is 16.1. The summed E-state index contributed by atoms with van der Waals surface area (Å²) >= 11 is 0. The number of amides is 1. The maximum absolute atomic E-state index is 12.6. The van der Waals surface area contributed by atoms with E-state index in [4.69, 9.17) is 15.2 Å². The van der Waals surface area contributed by atoms with Crippen LogP contribution in [0.5, 0.6) is 11.5 Å². The number of methoxy groups -OCH3 is 2. The van der Waals surface area contributed by atoms with Gasteiger partial charge in [-0.1, -0.05) is 0 Å². The summed E-state index contributed by atoms with van der Waals surface area (Å²) in [7, 11) is 3.17. The number of rotatable bonds is 6. The van der Waals surface area contributed by atoms with Crippen molar-refractivity contribution in [2.24, 2.45) is 0 Å². The number of benzene rings is 2. The third-order valence-electron chi connectivity index (χ3n) is 6.00. The van der Waals surface area contributed by atoms with Crippen LogP contribution in [0.3, 0.4) is 0 Å². The zero-order valence-corrected chi connectivity index (χ0v) is 18.6. The maximum atomic E-state index is 12.6. The van der Waals surface area contributed by atoms with Gasteiger partial charge in [0.25, 0.3) is 0 Å². The molecule has 0 saturated heterocycles. The monoisotopic (exact) mass is 443 g/mol. The van der Waals surface area contributed by atoms with Gasteiger partial charge in [0.05, 0.1) is 26.2 Å². The van der Waals surface area contributed by atoms with Crippen LogP contribution in [0.25, 0.3) is 16.7 Å². The summed E-state index contributed by atoms with van der Waals surface area (Å²) in [6, 6.07) is 13.2. The van der Waals surface area contributed by atoms with Crippen molar-refractivity contribution in [3.05, 3.63) is 65.6 Å². The number of aromatic nitrogens is 3. The molecule has 8 nitrogen and oxygen atoms in total. The SMILES string of the molecule is COc1cc(CC(=O)Nc2ccc(-n3c4c(c5ncnc(N)c53)CCC4)cc2)cc(OC)c1. The Hall–Kier alpha value is -4.07. The smallest absolute Gasteiger partial charge is 0.228 e. The van der Waals surface area contributed by atoms with E-state index in [9.17, 15) is 4.79 Å². The topological polar surface area (TPSA) is 104 Å². The van der Waals surface area contributed by atoms with Crippen LogP contribution in [0, 0.1) is 0 Å². The molecule has 1 aliphatic carbocycles. The van der Waals surface area contributed by atoms with Gasteiger partial charge in [-0.05, 0) is 66.8 Å². The lowest BCUT2D eigenvalue weighted by Gasteiger charge is -2.12. The van der Waals surface area contributed by atoms with Crippen molar-refractivity contribution in [1.82, 2.24) is 14.5 Å². The van der Waals surface area contributed by atoms with E-state index in [0.29, 0.717) is 17.3 Å². The Labute approximate surface area is 191 Å². The number of nitrogens with two attached hydrogens (primary N) is 1. The summed E-state index contributed by atoms with van der Waals surface area (Å²) in [6.45, 7) is 0. The maximum Gasteiger partial charge on any atom is 0.228 e. The Kier molecular flexibility index (Phi) is 5.34. The minimum absolute atomic E-state index is 0.122. The second-order valence-electron chi connectivity index (χ2n) is 8.06. The molecule has 0 spiro atoms. The van der Waals surface area contributed by atoms with Crippen LogP contribution in [0.15, 0.2) is 48.8 Å². The number of carbonyl (C=O) groups is 1. The quantitative estimate of drug-likeness (QED) is 0.471. The van der Waals surface area contributed by atoms with Crippen LogP contribution >= 0.6 is 0 Å². The van der Waals surface area contributed by atoms with Crippen LogP contribution in [0.2, 0.25) is 0 Å². The minimum Gasteiger partial charge on any atom is -0.497 e. The zero-order chi connectivity index (χ0) is 22.9. The van der Waals surface area contributed by atoms with Gasteiger partial charge in [-0.2, -0.15) is 0 Å². The number of carbonyl (C=O) groups excluding carboxylic acids is 1. The van der Waals surface area contributed by atoms with E-state index in [2.05, 4.69) is 19.9 Å². The molecule has 168 valence electrons. The fourth-order valence-corrected chi connectivity index (χ4v) is 4.54. The fourth-order valence-electron chi connectivity index (χ4n) is 4.54. The number of hydrogen-bond acceptors (Lipinski definition) is 6. The number of aryl methyl sites for hydroxylation is 1. The average Bonchev–Trinajstić information content (AvgIpc) is 3.41. The molecule has 0 aliphatic heterocycles. The molecular weight excluding hydrogens is 418 g/mol. The third-order valence-corrected chi connectivity index (χ3v) is 6.00. The number of nitrogens with one attached hydrogen (secondary N) is 1. The van der Waals surface area contributed by atoms with E-state index in [1.165, 1.54) is 17.6 Å². The highest BCUT2D eigenvalue weighted by atomic mass is 16.5. The Morgan fingerprint density at radius 2 is 1.79 bits per heavy atom. The molecular formula is C25H25N5O3. The second kappa shape index (κ2) is 8.46. The number of nitrogens with zero attached hydrogens (tertiary/aromatic N) is 3. The van der Waals surface area contributed by atoms with Gasteiger partial charge in [-0.25, -0.2) is 9.97 Å². The summed E-state index contributed by atoms with van der Waals surface area (Å²) in [5.41, 5.74) is 13.0. The fraction of sp³-hybridized carbons (Fsp3) is 0.240. The lowest BCUT2D eigenvalue weighted by molar-refractivity contribution is -0.115. The van der Waals surface area contributed by atoms with Gasteiger partial charge < -0.3 is 25.1 Å². The lowest BCUT2D eigenvalue weighted by atomic mass is 10.1.